The number of morpholine rings is 1. The van der Waals surface area contributed by atoms with Crippen molar-refractivity contribution in [3.8, 4) is 0 Å². The maximum absolute atomic E-state index is 10.5. The highest BCUT2D eigenvalue weighted by Gasteiger charge is 2.35. The van der Waals surface area contributed by atoms with Gasteiger partial charge < -0.3 is 9.84 Å². The lowest BCUT2D eigenvalue weighted by Gasteiger charge is -2.43. The Labute approximate surface area is 113 Å². The zero-order chi connectivity index (χ0) is 13.2. The Hall–Kier alpha value is -0.490. The molecule has 1 N–H and O–H groups in total. The van der Waals surface area contributed by atoms with Crippen molar-refractivity contribution in [1.29, 1.82) is 0 Å². The van der Waals surface area contributed by atoms with Gasteiger partial charge in [-0.25, -0.2) is 4.98 Å². The number of hydrogen-bond donors (Lipinski definition) is 1. The van der Waals surface area contributed by atoms with Gasteiger partial charge in [0.1, 0.15) is 0 Å². The molecule has 2 heterocycles. The quantitative estimate of drug-likeness (QED) is 0.900. The molecule has 1 aromatic heterocycles. The van der Waals surface area contributed by atoms with Gasteiger partial charge >= 0.3 is 0 Å². The minimum absolute atomic E-state index is 0.235. The van der Waals surface area contributed by atoms with E-state index in [0.717, 1.165) is 37.0 Å². The second-order valence-corrected chi connectivity index (χ2v) is 6.39. The molecule has 0 saturated carbocycles. The van der Waals surface area contributed by atoms with Crippen LogP contribution in [0.3, 0.4) is 0 Å². The summed E-state index contributed by atoms with van der Waals surface area (Å²) >= 11 is 1.64. The van der Waals surface area contributed by atoms with Crippen LogP contribution in [-0.2, 0) is 11.2 Å². The Kier molecular flexibility index (Phi) is 4.37. The van der Waals surface area contributed by atoms with Crippen LogP contribution >= 0.6 is 11.3 Å². The predicted molar refractivity (Wildman–Crippen MR) is 73.0 cm³/mol. The van der Waals surface area contributed by atoms with Gasteiger partial charge in [-0.3, -0.25) is 4.90 Å². The lowest BCUT2D eigenvalue weighted by atomic mass is 9.91. The van der Waals surface area contributed by atoms with E-state index in [1.807, 2.05) is 12.3 Å². The monoisotopic (exact) mass is 270 g/mol. The van der Waals surface area contributed by atoms with Crippen LogP contribution in [0.2, 0.25) is 0 Å². The van der Waals surface area contributed by atoms with Crippen molar-refractivity contribution < 1.29 is 9.84 Å². The number of rotatable bonds is 4. The largest absolute Gasteiger partial charge is 0.391 e. The summed E-state index contributed by atoms with van der Waals surface area (Å²) in [6.45, 7) is 9.48. The molecular weight excluding hydrogens is 248 g/mol. The minimum atomic E-state index is -0.405. The lowest BCUT2D eigenvalue weighted by Crippen LogP contribution is -2.56. The first-order valence-corrected chi connectivity index (χ1v) is 7.30. The average Bonchev–Trinajstić information content (AvgIpc) is 2.76. The Morgan fingerprint density at radius 3 is 2.72 bits per heavy atom. The van der Waals surface area contributed by atoms with Gasteiger partial charge in [0.05, 0.1) is 30.0 Å². The Morgan fingerprint density at radius 1 is 1.50 bits per heavy atom. The number of thiazole rings is 1. The SMILES string of the molecule is Cc1nc(CC(O)C(C)(C)N2CCOCC2)cs1. The topological polar surface area (TPSA) is 45.6 Å². The highest BCUT2D eigenvalue weighted by atomic mass is 32.1. The van der Waals surface area contributed by atoms with Crippen LogP contribution in [0.5, 0.6) is 0 Å². The summed E-state index contributed by atoms with van der Waals surface area (Å²) in [6.07, 6.45) is 0.214. The van der Waals surface area contributed by atoms with Gasteiger partial charge in [0, 0.05) is 30.4 Å². The molecule has 1 aliphatic rings. The van der Waals surface area contributed by atoms with E-state index in [2.05, 4.69) is 23.7 Å². The molecule has 0 amide bonds. The molecule has 1 fully saturated rings. The second kappa shape index (κ2) is 5.65. The van der Waals surface area contributed by atoms with Crippen molar-refractivity contribution in [3.05, 3.63) is 16.1 Å². The van der Waals surface area contributed by atoms with Gasteiger partial charge in [-0.05, 0) is 20.8 Å². The zero-order valence-corrected chi connectivity index (χ0v) is 12.2. The van der Waals surface area contributed by atoms with Crippen molar-refractivity contribution in [2.45, 2.75) is 38.8 Å². The molecule has 0 spiro atoms. The number of aliphatic hydroxyl groups is 1. The van der Waals surface area contributed by atoms with E-state index in [1.165, 1.54) is 0 Å². The van der Waals surface area contributed by atoms with E-state index in [1.54, 1.807) is 11.3 Å². The first-order chi connectivity index (χ1) is 8.50. The molecule has 102 valence electrons. The number of aromatic nitrogens is 1. The fourth-order valence-electron chi connectivity index (χ4n) is 2.30. The van der Waals surface area contributed by atoms with Crippen molar-refractivity contribution >= 4 is 11.3 Å². The first-order valence-electron chi connectivity index (χ1n) is 6.42. The third-order valence-electron chi connectivity index (χ3n) is 3.71. The van der Waals surface area contributed by atoms with Gasteiger partial charge in [0.25, 0.3) is 0 Å². The van der Waals surface area contributed by atoms with E-state index in [4.69, 9.17) is 4.74 Å². The Bertz CT molecular complexity index is 386. The van der Waals surface area contributed by atoms with Crippen molar-refractivity contribution in [2.24, 2.45) is 0 Å². The fraction of sp³-hybridized carbons (Fsp3) is 0.769. The zero-order valence-electron chi connectivity index (χ0n) is 11.3. The number of hydrogen-bond acceptors (Lipinski definition) is 5. The average molecular weight is 270 g/mol. The maximum atomic E-state index is 10.5. The van der Waals surface area contributed by atoms with Crippen LogP contribution in [0.4, 0.5) is 0 Å². The molecular formula is C13H22N2O2S. The van der Waals surface area contributed by atoms with Crippen molar-refractivity contribution in [3.63, 3.8) is 0 Å². The lowest BCUT2D eigenvalue weighted by molar-refractivity contribution is -0.0614. The molecule has 1 unspecified atom stereocenters. The van der Waals surface area contributed by atoms with Crippen molar-refractivity contribution in [2.75, 3.05) is 26.3 Å². The molecule has 1 saturated heterocycles. The minimum Gasteiger partial charge on any atom is -0.391 e. The summed E-state index contributed by atoms with van der Waals surface area (Å²) in [6, 6.07) is 0. The maximum Gasteiger partial charge on any atom is 0.0897 e. The molecule has 5 heteroatoms. The number of nitrogens with zero attached hydrogens (tertiary/aromatic N) is 2. The van der Waals surface area contributed by atoms with Crippen LogP contribution in [0.25, 0.3) is 0 Å². The third kappa shape index (κ3) is 3.09. The molecule has 18 heavy (non-hydrogen) atoms. The Balaban J connectivity index is 1.99. The number of aryl methyl sites for hydroxylation is 1. The predicted octanol–water partition coefficient (Wildman–Crippen LogP) is 1.47. The molecule has 0 aliphatic carbocycles. The summed E-state index contributed by atoms with van der Waals surface area (Å²) in [7, 11) is 0. The van der Waals surface area contributed by atoms with Gasteiger partial charge in [-0.2, -0.15) is 0 Å². The summed E-state index contributed by atoms with van der Waals surface area (Å²) in [5.74, 6) is 0. The Morgan fingerprint density at radius 2 is 2.17 bits per heavy atom. The summed E-state index contributed by atoms with van der Waals surface area (Å²) in [5.41, 5.74) is 0.757. The van der Waals surface area contributed by atoms with Gasteiger partial charge in [0.2, 0.25) is 0 Å². The van der Waals surface area contributed by atoms with Crippen LogP contribution in [0.1, 0.15) is 24.5 Å². The smallest absolute Gasteiger partial charge is 0.0897 e. The summed E-state index contributed by atoms with van der Waals surface area (Å²) in [5, 5.41) is 13.6. The van der Waals surface area contributed by atoms with Gasteiger partial charge in [-0.15, -0.1) is 11.3 Å². The molecule has 0 radical (unpaired) electrons. The molecule has 4 nitrogen and oxygen atoms in total. The molecule has 1 aliphatic heterocycles. The van der Waals surface area contributed by atoms with E-state index < -0.39 is 6.10 Å². The van der Waals surface area contributed by atoms with Crippen LogP contribution in [0, 0.1) is 6.92 Å². The van der Waals surface area contributed by atoms with E-state index in [-0.39, 0.29) is 5.54 Å². The number of ether oxygens (including phenoxy) is 1. The summed E-state index contributed by atoms with van der Waals surface area (Å²) < 4.78 is 5.36. The molecule has 1 atom stereocenters. The van der Waals surface area contributed by atoms with Gasteiger partial charge in [-0.1, -0.05) is 0 Å². The van der Waals surface area contributed by atoms with Gasteiger partial charge in [0.15, 0.2) is 0 Å². The van der Waals surface area contributed by atoms with Crippen LogP contribution in [0.15, 0.2) is 5.38 Å². The highest BCUT2D eigenvalue weighted by Crippen LogP contribution is 2.23. The highest BCUT2D eigenvalue weighted by molar-refractivity contribution is 7.09. The fourth-order valence-corrected chi connectivity index (χ4v) is 2.93. The van der Waals surface area contributed by atoms with E-state index >= 15 is 0 Å². The second-order valence-electron chi connectivity index (χ2n) is 5.33. The third-order valence-corrected chi connectivity index (χ3v) is 4.53. The van der Waals surface area contributed by atoms with Crippen LogP contribution < -0.4 is 0 Å². The molecule has 0 bridgehead atoms. The van der Waals surface area contributed by atoms with Crippen molar-refractivity contribution in [1.82, 2.24) is 9.88 Å². The summed E-state index contributed by atoms with van der Waals surface area (Å²) in [4.78, 5) is 6.73. The molecule has 0 aromatic carbocycles. The van der Waals surface area contributed by atoms with E-state index in [0.29, 0.717) is 6.42 Å². The standard InChI is InChI=1S/C13H22N2O2S/c1-10-14-11(9-18-10)8-12(16)13(2,3)15-4-6-17-7-5-15/h9,12,16H,4-8H2,1-3H3. The van der Waals surface area contributed by atoms with Crippen LogP contribution in [-0.4, -0.2) is 52.9 Å². The number of aliphatic hydroxyl groups excluding tert-OH is 1. The molecule has 1 aromatic rings. The molecule has 2 rings (SSSR count). The first kappa shape index (κ1) is 13.9. The normalized spacial score (nSPS) is 20.0. The van der Waals surface area contributed by atoms with E-state index in [9.17, 15) is 5.11 Å².